The highest BCUT2D eigenvalue weighted by Gasteiger charge is 2.45. The second-order valence-electron chi connectivity index (χ2n) is 5.16. The number of aromatic nitrogens is 1. The van der Waals surface area contributed by atoms with Crippen LogP contribution >= 0.6 is 15.9 Å². The SMILES string of the molecule is N/N=C\N(N)CC(c1ccc(F)cc1F)C(F)(F)c1ccc(Br)cn1. The summed E-state index contributed by atoms with van der Waals surface area (Å²) in [5.41, 5.74) is -0.987. The van der Waals surface area contributed by atoms with E-state index < -0.39 is 41.3 Å². The fraction of sp³-hybridized carbons (Fsp3) is 0.200. The molecule has 0 aliphatic carbocycles. The van der Waals surface area contributed by atoms with Crippen LogP contribution in [0.2, 0.25) is 0 Å². The van der Waals surface area contributed by atoms with Crippen molar-refractivity contribution in [3.63, 3.8) is 0 Å². The van der Waals surface area contributed by atoms with Crippen LogP contribution < -0.4 is 11.7 Å². The van der Waals surface area contributed by atoms with E-state index in [-0.39, 0.29) is 0 Å². The molecule has 0 bridgehead atoms. The summed E-state index contributed by atoms with van der Waals surface area (Å²) in [4.78, 5) is 3.69. The molecule has 0 amide bonds. The lowest BCUT2D eigenvalue weighted by Crippen LogP contribution is -2.40. The van der Waals surface area contributed by atoms with Crippen LogP contribution in [0, 0.1) is 11.6 Å². The number of benzene rings is 1. The first-order valence-corrected chi connectivity index (χ1v) is 7.74. The normalized spacial score (nSPS) is 13.2. The van der Waals surface area contributed by atoms with Gasteiger partial charge in [0.15, 0.2) is 0 Å². The van der Waals surface area contributed by atoms with Gasteiger partial charge in [0.05, 0.1) is 5.92 Å². The molecule has 1 aromatic carbocycles. The third kappa shape index (κ3) is 4.45. The van der Waals surface area contributed by atoms with Crippen molar-refractivity contribution in [2.24, 2.45) is 16.8 Å². The zero-order chi connectivity index (χ0) is 18.6. The summed E-state index contributed by atoms with van der Waals surface area (Å²) in [7, 11) is 0. The maximum Gasteiger partial charge on any atom is 0.298 e. The summed E-state index contributed by atoms with van der Waals surface area (Å²) >= 11 is 3.11. The molecular formula is C15H14BrF4N5. The molecule has 5 nitrogen and oxygen atoms in total. The van der Waals surface area contributed by atoms with E-state index in [1.165, 1.54) is 12.3 Å². The molecule has 0 saturated carbocycles. The predicted octanol–water partition coefficient (Wildman–Crippen LogP) is 3.08. The van der Waals surface area contributed by atoms with Gasteiger partial charge in [0.2, 0.25) is 0 Å². The smallest absolute Gasteiger partial charge is 0.298 e. The van der Waals surface area contributed by atoms with Crippen LogP contribution in [0.5, 0.6) is 0 Å². The Labute approximate surface area is 149 Å². The van der Waals surface area contributed by atoms with Gasteiger partial charge >= 0.3 is 0 Å². The third-order valence-corrected chi connectivity index (χ3v) is 3.92. The molecule has 1 atom stereocenters. The number of halogens is 5. The molecule has 2 rings (SSSR count). The van der Waals surface area contributed by atoms with Crippen molar-refractivity contribution in [2.75, 3.05) is 6.54 Å². The van der Waals surface area contributed by atoms with Crippen molar-refractivity contribution < 1.29 is 17.6 Å². The first kappa shape index (κ1) is 19.1. The second kappa shape index (κ2) is 7.79. The zero-order valence-corrected chi connectivity index (χ0v) is 14.3. The Hall–Kier alpha value is -2.20. The molecular weight excluding hydrogens is 406 g/mol. The standard InChI is InChI=1S/C15H14BrF4N5/c16-9-1-4-14(23-6-9)15(19,20)12(7-25(22)8-24-21)11-3-2-10(17)5-13(11)18/h1-6,8,12H,7,21-22H2/b24-8-. The summed E-state index contributed by atoms with van der Waals surface area (Å²) in [6.07, 6.45) is 2.11. The average Bonchev–Trinajstić information content (AvgIpc) is 2.54. The minimum atomic E-state index is -3.60. The Bertz CT molecular complexity index is 754. The first-order valence-electron chi connectivity index (χ1n) is 6.95. The van der Waals surface area contributed by atoms with E-state index in [4.69, 9.17) is 11.7 Å². The van der Waals surface area contributed by atoms with E-state index in [0.29, 0.717) is 10.5 Å². The van der Waals surface area contributed by atoms with Gasteiger partial charge in [-0.2, -0.15) is 13.9 Å². The number of hydrogen-bond donors (Lipinski definition) is 2. The van der Waals surface area contributed by atoms with Gasteiger partial charge in [0.25, 0.3) is 5.92 Å². The predicted molar refractivity (Wildman–Crippen MR) is 88.5 cm³/mol. The fourth-order valence-electron chi connectivity index (χ4n) is 2.29. The van der Waals surface area contributed by atoms with Crippen LogP contribution in [0.1, 0.15) is 17.2 Å². The van der Waals surface area contributed by atoms with E-state index in [1.54, 1.807) is 0 Å². The average molecular weight is 420 g/mol. The molecule has 25 heavy (non-hydrogen) atoms. The Kier molecular flexibility index (Phi) is 5.96. The van der Waals surface area contributed by atoms with Gasteiger partial charge in [-0.1, -0.05) is 6.07 Å². The number of hydrazine groups is 1. The van der Waals surface area contributed by atoms with Crippen LogP contribution in [0.25, 0.3) is 0 Å². The minimum absolute atomic E-state index is 0.406. The van der Waals surface area contributed by atoms with Gasteiger partial charge in [-0.3, -0.25) is 9.99 Å². The molecule has 0 radical (unpaired) electrons. The highest BCUT2D eigenvalue weighted by atomic mass is 79.9. The molecule has 0 aliphatic rings. The second-order valence-corrected chi connectivity index (χ2v) is 6.08. The molecule has 1 unspecified atom stereocenters. The van der Waals surface area contributed by atoms with Gasteiger partial charge in [0.1, 0.15) is 23.7 Å². The Morgan fingerprint density at radius 1 is 1.28 bits per heavy atom. The van der Waals surface area contributed by atoms with Gasteiger partial charge in [-0.25, -0.2) is 14.6 Å². The van der Waals surface area contributed by atoms with Gasteiger partial charge < -0.3 is 5.84 Å². The van der Waals surface area contributed by atoms with Crippen molar-refractivity contribution in [1.29, 1.82) is 0 Å². The Morgan fingerprint density at radius 2 is 2.00 bits per heavy atom. The van der Waals surface area contributed by atoms with Crippen LogP contribution in [0.4, 0.5) is 17.6 Å². The molecule has 1 heterocycles. The Balaban J connectivity index is 2.50. The van der Waals surface area contributed by atoms with E-state index >= 15 is 8.78 Å². The third-order valence-electron chi connectivity index (χ3n) is 3.45. The molecule has 2 aromatic rings. The van der Waals surface area contributed by atoms with Gasteiger partial charge in [0, 0.05) is 23.3 Å². The highest BCUT2D eigenvalue weighted by Crippen LogP contribution is 2.42. The van der Waals surface area contributed by atoms with Gasteiger partial charge in [-0.05, 0) is 39.7 Å². The van der Waals surface area contributed by atoms with E-state index in [0.717, 1.165) is 29.5 Å². The molecule has 0 fully saturated rings. The monoisotopic (exact) mass is 419 g/mol. The van der Waals surface area contributed by atoms with Crippen LogP contribution in [-0.4, -0.2) is 22.9 Å². The molecule has 0 aliphatic heterocycles. The van der Waals surface area contributed by atoms with Crippen LogP contribution in [0.15, 0.2) is 46.1 Å². The topological polar surface area (TPSA) is 80.5 Å². The lowest BCUT2D eigenvalue weighted by molar-refractivity contribution is -0.0443. The number of nitrogens with zero attached hydrogens (tertiary/aromatic N) is 3. The Morgan fingerprint density at radius 3 is 2.56 bits per heavy atom. The lowest BCUT2D eigenvalue weighted by atomic mass is 9.89. The fourth-order valence-corrected chi connectivity index (χ4v) is 2.52. The van der Waals surface area contributed by atoms with E-state index in [9.17, 15) is 8.78 Å². The van der Waals surface area contributed by atoms with Crippen LogP contribution in [-0.2, 0) is 5.92 Å². The highest BCUT2D eigenvalue weighted by molar-refractivity contribution is 9.10. The quantitative estimate of drug-likeness (QED) is 0.248. The number of nitrogens with two attached hydrogens (primary N) is 2. The maximum absolute atomic E-state index is 15.0. The molecule has 134 valence electrons. The summed E-state index contributed by atoms with van der Waals surface area (Å²) in [6, 6.07) is 4.88. The lowest BCUT2D eigenvalue weighted by Gasteiger charge is -2.29. The summed E-state index contributed by atoms with van der Waals surface area (Å²) in [5, 5.41) is 3.93. The molecule has 1 aromatic heterocycles. The summed E-state index contributed by atoms with van der Waals surface area (Å²) < 4.78 is 57.8. The molecule has 0 spiro atoms. The zero-order valence-electron chi connectivity index (χ0n) is 12.7. The summed E-state index contributed by atoms with van der Waals surface area (Å²) in [6.45, 7) is -0.534. The van der Waals surface area contributed by atoms with Crippen molar-refractivity contribution in [3.05, 3.63) is 63.9 Å². The first-order chi connectivity index (χ1) is 11.8. The van der Waals surface area contributed by atoms with Crippen molar-refractivity contribution in [1.82, 2.24) is 9.99 Å². The largest absolute Gasteiger partial charge is 0.322 e. The van der Waals surface area contributed by atoms with Gasteiger partial charge in [-0.15, -0.1) is 0 Å². The molecule has 4 N–H and O–H groups in total. The number of rotatable bonds is 6. The number of hydrazone groups is 1. The van der Waals surface area contributed by atoms with Crippen molar-refractivity contribution >= 4 is 22.3 Å². The van der Waals surface area contributed by atoms with E-state index in [1.807, 2.05) is 0 Å². The minimum Gasteiger partial charge on any atom is -0.322 e. The molecule has 0 saturated heterocycles. The molecule has 10 heteroatoms. The van der Waals surface area contributed by atoms with Crippen molar-refractivity contribution in [2.45, 2.75) is 11.8 Å². The number of pyridine rings is 1. The van der Waals surface area contributed by atoms with Crippen LogP contribution in [0.3, 0.4) is 0 Å². The number of alkyl halides is 2. The number of hydrogen-bond acceptors (Lipinski definition) is 4. The maximum atomic E-state index is 15.0. The summed E-state index contributed by atoms with van der Waals surface area (Å²) in [5.74, 6) is 3.15. The van der Waals surface area contributed by atoms with Crippen molar-refractivity contribution in [3.8, 4) is 0 Å². The van der Waals surface area contributed by atoms with E-state index in [2.05, 4.69) is 26.0 Å².